The van der Waals surface area contributed by atoms with Crippen LogP contribution >= 0.6 is 0 Å². The molecule has 0 radical (unpaired) electrons. The molecule has 0 bridgehead atoms. The number of hydrogen-bond donors (Lipinski definition) is 2. The van der Waals surface area contributed by atoms with E-state index in [-0.39, 0.29) is 11.2 Å². The van der Waals surface area contributed by atoms with Crippen molar-refractivity contribution in [1.29, 1.82) is 0 Å². The lowest BCUT2D eigenvalue weighted by Gasteiger charge is -2.14. The first-order chi connectivity index (χ1) is 10.0. The van der Waals surface area contributed by atoms with Gasteiger partial charge in [-0.2, -0.15) is 0 Å². The largest absolute Gasteiger partial charge is 0.387 e. The Kier molecular flexibility index (Phi) is 4.72. The predicted molar refractivity (Wildman–Crippen MR) is 80.0 cm³/mol. The number of rotatable bonds is 5. The third kappa shape index (κ3) is 3.48. The van der Waals surface area contributed by atoms with Crippen molar-refractivity contribution in [1.82, 2.24) is 14.5 Å². The summed E-state index contributed by atoms with van der Waals surface area (Å²) in [6.07, 6.45) is -0.630. The minimum atomic E-state index is -0.630. The third-order valence-electron chi connectivity index (χ3n) is 3.45. The first-order valence-corrected chi connectivity index (χ1v) is 6.70. The van der Waals surface area contributed by atoms with E-state index in [1.807, 2.05) is 30.3 Å². The van der Waals surface area contributed by atoms with Gasteiger partial charge in [0.25, 0.3) is 5.56 Å². The maximum Gasteiger partial charge on any atom is 0.330 e. The fraction of sp³-hybridized carbons (Fsp3) is 0.333. The van der Waals surface area contributed by atoms with Crippen molar-refractivity contribution in [3.63, 3.8) is 0 Å². The Balaban J connectivity index is 2.02. The molecule has 0 aliphatic rings. The SMILES string of the molecule is Cn1c(CNCC(O)c2ccccc2)cc(=O)n(C)c1=O. The van der Waals surface area contributed by atoms with Crippen molar-refractivity contribution < 1.29 is 5.11 Å². The molecule has 1 aromatic carbocycles. The van der Waals surface area contributed by atoms with Crippen LogP contribution in [0, 0.1) is 0 Å². The fourth-order valence-corrected chi connectivity index (χ4v) is 2.08. The van der Waals surface area contributed by atoms with Crippen LogP contribution in [-0.2, 0) is 20.6 Å². The molecule has 112 valence electrons. The van der Waals surface area contributed by atoms with Crippen molar-refractivity contribution in [2.24, 2.45) is 14.1 Å². The molecule has 1 unspecified atom stereocenters. The van der Waals surface area contributed by atoms with Gasteiger partial charge in [-0.3, -0.25) is 13.9 Å². The minimum Gasteiger partial charge on any atom is -0.387 e. The van der Waals surface area contributed by atoms with E-state index in [0.29, 0.717) is 18.8 Å². The van der Waals surface area contributed by atoms with Gasteiger partial charge in [0, 0.05) is 38.9 Å². The summed E-state index contributed by atoms with van der Waals surface area (Å²) in [5.41, 5.74) is 0.715. The lowest BCUT2D eigenvalue weighted by molar-refractivity contribution is 0.174. The van der Waals surface area contributed by atoms with Gasteiger partial charge in [-0.1, -0.05) is 30.3 Å². The summed E-state index contributed by atoms with van der Waals surface area (Å²) >= 11 is 0. The van der Waals surface area contributed by atoms with Gasteiger partial charge in [0.1, 0.15) is 0 Å². The van der Waals surface area contributed by atoms with Crippen LogP contribution in [0.25, 0.3) is 0 Å². The van der Waals surface area contributed by atoms with Crippen molar-refractivity contribution >= 4 is 0 Å². The molecule has 2 rings (SSSR count). The highest BCUT2D eigenvalue weighted by molar-refractivity contribution is 5.17. The second-order valence-electron chi connectivity index (χ2n) is 4.93. The number of nitrogens with one attached hydrogen (secondary N) is 1. The van der Waals surface area contributed by atoms with Crippen LogP contribution < -0.4 is 16.6 Å². The van der Waals surface area contributed by atoms with E-state index in [1.54, 1.807) is 7.05 Å². The number of benzene rings is 1. The smallest absolute Gasteiger partial charge is 0.330 e. The van der Waals surface area contributed by atoms with Crippen LogP contribution in [0.3, 0.4) is 0 Å². The summed E-state index contributed by atoms with van der Waals surface area (Å²) in [6, 6.07) is 10.7. The van der Waals surface area contributed by atoms with E-state index >= 15 is 0 Å². The van der Waals surface area contributed by atoms with Crippen LogP contribution in [0.2, 0.25) is 0 Å². The molecule has 0 saturated heterocycles. The van der Waals surface area contributed by atoms with E-state index in [2.05, 4.69) is 5.32 Å². The first kappa shape index (κ1) is 15.2. The molecule has 2 N–H and O–H groups in total. The molecule has 2 aromatic rings. The maximum atomic E-state index is 11.8. The number of hydrogen-bond acceptors (Lipinski definition) is 4. The summed E-state index contributed by atoms with van der Waals surface area (Å²) in [5.74, 6) is 0. The van der Waals surface area contributed by atoms with E-state index in [0.717, 1.165) is 10.1 Å². The van der Waals surface area contributed by atoms with Gasteiger partial charge in [-0.15, -0.1) is 0 Å². The Hall–Kier alpha value is -2.18. The van der Waals surface area contributed by atoms with E-state index in [9.17, 15) is 14.7 Å². The van der Waals surface area contributed by atoms with Gasteiger partial charge in [0.05, 0.1) is 6.10 Å². The van der Waals surface area contributed by atoms with Crippen LogP contribution in [0.4, 0.5) is 0 Å². The monoisotopic (exact) mass is 289 g/mol. The number of aliphatic hydroxyl groups excluding tert-OH is 1. The zero-order chi connectivity index (χ0) is 15.4. The zero-order valence-electron chi connectivity index (χ0n) is 12.1. The Morgan fingerprint density at radius 3 is 2.48 bits per heavy atom. The average Bonchev–Trinajstić information content (AvgIpc) is 2.51. The van der Waals surface area contributed by atoms with Crippen molar-refractivity contribution in [2.75, 3.05) is 6.54 Å². The minimum absolute atomic E-state index is 0.335. The quantitative estimate of drug-likeness (QED) is 0.806. The summed E-state index contributed by atoms with van der Waals surface area (Å²) in [7, 11) is 3.06. The van der Waals surface area contributed by atoms with Crippen molar-refractivity contribution in [3.05, 3.63) is 68.5 Å². The number of nitrogens with zero attached hydrogens (tertiary/aromatic N) is 2. The molecule has 0 aliphatic carbocycles. The Labute approximate surface area is 122 Å². The molecule has 1 heterocycles. The Morgan fingerprint density at radius 2 is 1.81 bits per heavy atom. The second-order valence-corrected chi connectivity index (χ2v) is 4.93. The average molecular weight is 289 g/mol. The predicted octanol–water partition coefficient (Wildman–Crippen LogP) is -0.0928. The standard InChI is InChI=1S/C15H19N3O3/c1-17-12(8-14(20)18(2)15(17)21)9-16-10-13(19)11-6-4-3-5-7-11/h3-8,13,16,19H,9-10H2,1-2H3. The van der Waals surface area contributed by atoms with E-state index in [4.69, 9.17) is 0 Å². The van der Waals surface area contributed by atoms with Gasteiger partial charge in [-0.25, -0.2) is 4.79 Å². The van der Waals surface area contributed by atoms with Gasteiger partial charge < -0.3 is 10.4 Å². The summed E-state index contributed by atoms with van der Waals surface area (Å²) < 4.78 is 2.48. The Bertz CT molecular complexity index is 719. The lowest BCUT2D eigenvalue weighted by Crippen LogP contribution is -2.39. The van der Waals surface area contributed by atoms with Crippen LogP contribution in [0.1, 0.15) is 17.4 Å². The normalized spacial score (nSPS) is 12.3. The van der Waals surface area contributed by atoms with Gasteiger partial charge in [0.15, 0.2) is 0 Å². The molecule has 21 heavy (non-hydrogen) atoms. The van der Waals surface area contributed by atoms with Crippen molar-refractivity contribution in [2.45, 2.75) is 12.6 Å². The highest BCUT2D eigenvalue weighted by Crippen LogP contribution is 2.10. The lowest BCUT2D eigenvalue weighted by atomic mass is 10.1. The molecule has 0 fully saturated rings. The molecular formula is C15H19N3O3. The van der Waals surface area contributed by atoms with Gasteiger partial charge in [0.2, 0.25) is 0 Å². The summed E-state index contributed by atoms with van der Waals surface area (Å²) in [6.45, 7) is 0.680. The number of aromatic nitrogens is 2. The van der Waals surface area contributed by atoms with Crippen LogP contribution in [0.5, 0.6) is 0 Å². The Morgan fingerprint density at radius 1 is 1.14 bits per heavy atom. The molecule has 0 saturated carbocycles. The molecule has 1 aromatic heterocycles. The molecule has 0 amide bonds. The maximum absolute atomic E-state index is 11.8. The highest BCUT2D eigenvalue weighted by Gasteiger charge is 2.08. The molecule has 0 spiro atoms. The van der Waals surface area contributed by atoms with Crippen LogP contribution in [0.15, 0.2) is 46.0 Å². The third-order valence-corrected chi connectivity index (χ3v) is 3.45. The molecule has 6 nitrogen and oxygen atoms in total. The van der Waals surface area contributed by atoms with E-state index < -0.39 is 6.10 Å². The summed E-state index contributed by atoms with van der Waals surface area (Å²) in [5, 5.41) is 13.1. The second kappa shape index (κ2) is 6.51. The van der Waals surface area contributed by atoms with E-state index in [1.165, 1.54) is 17.7 Å². The topological polar surface area (TPSA) is 76.3 Å². The van der Waals surface area contributed by atoms with Gasteiger partial charge in [-0.05, 0) is 5.56 Å². The van der Waals surface area contributed by atoms with Gasteiger partial charge >= 0.3 is 5.69 Å². The summed E-state index contributed by atoms with van der Waals surface area (Å²) in [4.78, 5) is 23.4. The molecule has 6 heteroatoms. The van der Waals surface area contributed by atoms with Crippen molar-refractivity contribution in [3.8, 4) is 0 Å². The highest BCUT2D eigenvalue weighted by atomic mass is 16.3. The first-order valence-electron chi connectivity index (χ1n) is 6.70. The fourth-order valence-electron chi connectivity index (χ4n) is 2.08. The molecule has 0 aliphatic heterocycles. The number of aliphatic hydroxyl groups is 1. The zero-order valence-corrected chi connectivity index (χ0v) is 12.1. The van der Waals surface area contributed by atoms with Crippen LogP contribution in [-0.4, -0.2) is 20.8 Å². The molecular weight excluding hydrogens is 270 g/mol. The molecule has 1 atom stereocenters.